The molecule has 26 heavy (non-hydrogen) atoms. The SMILES string of the molecule is CSN1C(=O)[C@H]([C@@H](C)OC(=O)/C=C/c2ccc(O)c(O)c2)[C@H]1OC(C)=O. The number of phenols is 2. The predicted molar refractivity (Wildman–Crippen MR) is 93.8 cm³/mol. The number of carbonyl (C=O) groups is 3. The number of hydrogen-bond acceptors (Lipinski definition) is 8. The van der Waals surface area contributed by atoms with E-state index < -0.39 is 30.2 Å². The number of β-lactam (4-membered cyclic amide) rings is 1. The van der Waals surface area contributed by atoms with Crippen LogP contribution in [0, 0.1) is 5.92 Å². The summed E-state index contributed by atoms with van der Waals surface area (Å²) < 4.78 is 11.6. The lowest BCUT2D eigenvalue weighted by Gasteiger charge is -2.45. The molecule has 0 unspecified atom stereocenters. The molecule has 1 fully saturated rings. The highest BCUT2D eigenvalue weighted by atomic mass is 32.2. The number of nitrogens with zero attached hydrogens (tertiary/aromatic N) is 1. The first kappa shape index (κ1) is 19.6. The van der Waals surface area contributed by atoms with E-state index in [1.807, 2.05) is 0 Å². The summed E-state index contributed by atoms with van der Waals surface area (Å²) in [6.07, 6.45) is 2.64. The Kier molecular flexibility index (Phi) is 6.14. The summed E-state index contributed by atoms with van der Waals surface area (Å²) in [5.74, 6) is -2.84. The number of ether oxygens (including phenoxy) is 2. The summed E-state index contributed by atoms with van der Waals surface area (Å²) in [5.41, 5.74) is 0.482. The van der Waals surface area contributed by atoms with Crippen molar-refractivity contribution in [2.75, 3.05) is 6.26 Å². The Morgan fingerprint density at radius 1 is 1.31 bits per heavy atom. The summed E-state index contributed by atoms with van der Waals surface area (Å²) >= 11 is 1.13. The molecule has 0 aromatic heterocycles. The number of carbonyl (C=O) groups excluding carboxylic acids is 3. The third kappa shape index (κ3) is 4.29. The molecular weight excluding hydrogens is 362 g/mol. The van der Waals surface area contributed by atoms with Gasteiger partial charge in [0.05, 0.1) is 0 Å². The van der Waals surface area contributed by atoms with Gasteiger partial charge in [-0.1, -0.05) is 6.07 Å². The number of aromatic hydroxyl groups is 2. The molecule has 1 aromatic rings. The van der Waals surface area contributed by atoms with Crippen LogP contribution in [-0.2, 0) is 23.9 Å². The zero-order chi connectivity index (χ0) is 19.4. The molecule has 8 nitrogen and oxygen atoms in total. The van der Waals surface area contributed by atoms with Gasteiger partial charge in [0.2, 0.25) is 12.1 Å². The van der Waals surface area contributed by atoms with Gasteiger partial charge >= 0.3 is 11.9 Å². The van der Waals surface area contributed by atoms with E-state index in [1.54, 1.807) is 13.2 Å². The minimum atomic E-state index is -0.791. The Morgan fingerprint density at radius 2 is 2.00 bits per heavy atom. The number of amides is 1. The molecular formula is C17H19NO7S. The molecule has 9 heteroatoms. The van der Waals surface area contributed by atoms with E-state index >= 15 is 0 Å². The lowest BCUT2D eigenvalue weighted by Crippen LogP contribution is -2.63. The topological polar surface area (TPSA) is 113 Å². The van der Waals surface area contributed by atoms with E-state index in [9.17, 15) is 24.6 Å². The van der Waals surface area contributed by atoms with Crippen LogP contribution in [0.1, 0.15) is 19.4 Å². The van der Waals surface area contributed by atoms with Gasteiger partial charge in [-0.05, 0) is 42.6 Å². The molecule has 0 bridgehead atoms. The number of rotatable bonds is 6. The van der Waals surface area contributed by atoms with Crippen LogP contribution in [0.4, 0.5) is 0 Å². The highest BCUT2D eigenvalue weighted by Crippen LogP contribution is 2.36. The first-order valence-corrected chi connectivity index (χ1v) is 8.87. The Labute approximate surface area is 154 Å². The average Bonchev–Trinajstić information content (AvgIpc) is 2.55. The maximum absolute atomic E-state index is 12.1. The standard InChI is InChI=1S/C17H19NO7S/c1-9(15-16(23)18(26-3)17(15)25-10(2)19)24-14(22)7-5-11-4-6-12(20)13(21)8-11/h4-9,15,17,20-21H,1-3H3/b7-5+/t9-,15+,17-/m1/s1. The Balaban J connectivity index is 1.99. The first-order chi connectivity index (χ1) is 12.2. The number of esters is 2. The number of phenolic OH excluding ortho intramolecular Hbond substituents is 2. The van der Waals surface area contributed by atoms with Crippen molar-refractivity contribution in [3.63, 3.8) is 0 Å². The fourth-order valence-electron chi connectivity index (χ4n) is 2.48. The largest absolute Gasteiger partial charge is 0.504 e. The molecule has 1 heterocycles. The van der Waals surface area contributed by atoms with Crippen molar-refractivity contribution in [3.8, 4) is 11.5 Å². The average molecular weight is 381 g/mol. The predicted octanol–water partition coefficient (Wildman–Crippen LogP) is 1.67. The molecule has 2 rings (SSSR count). The van der Waals surface area contributed by atoms with Crippen molar-refractivity contribution < 1.29 is 34.1 Å². The van der Waals surface area contributed by atoms with Gasteiger partial charge in [-0.15, -0.1) is 0 Å². The van der Waals surface area contributed by atoms with Crippen molar-refractivity contribution in [2.24, 2.45) is 5.92 Å². The zero-order valence-corrected chi connectivity index (χ0v) is 15.2. The third-order valence-corrected chi connectivity index (χ3v) is 4.52. The van der Waals surface area contributed by atoms with Crippen LogP contribution in [-0.4, -0.2) is 51.0 Å². The normalized spacial score (nSPS) is 20.6. The van der Waals surface area contributed by atoms with E-state index in [1.165, 1.54) is 35.5 Å². The second kappa shape index (κ2) is 8.13. The van der Waals surface area contributed by atoms with Crippen LogP contribution in [0.5, 0.6) is 11.5 Å². The lowest BCUT2D eigenvalue weighted by atomic mass is 9.93. The molecule has 2 N–H and O–H groups in total. The van der Waals surface area contributed by atoms with Crippen LogP contribution in [0.3, 0.4) is 0 Å². The monoisotopic (exact) mass is 381 g/mol. The van der Waals surface area contributed by atoms with Crippen LogP contribution in [0.2, 0.25) is 0 Å². The van der Waals surface area contributed by atoms with Gasteiger partial charge < -0.3 is 19.7 Å². The van der Waals surface area contributed by atoms with Crippen molar-refractivity contribution in [2.45, 2.75) is 26.2 Å². The van der Waals surface area contributed by atoms with E-state index in [4.69, 9.17) is 9.47 Å². The fourth-order valence-corrected chi connectivity index (χ4v) is 3.16. The van der Waals surface area contributed by atoms with Crippen LogP contribution in [0.15, 0.2) is 24.3 Å². The van der Waals surface area contributed by atoms with Crippen LogP contribution < -0.4 is 0 Å². The lowest BCUT2D eigenvalue weighted by molar-refractivity contribution is -0.193. The Hall–Kier alpha value is -2.68. The van der Waals surface area contributed by atoms with Gasteiger partial charge in [0.1, 0.15) is 12.0 Å². The van der Waals surface area contributed by atoms with Gasteiger partial charge in [-0.2, -0.15) is 0 Å². The molecule has 1 aliphatic rings. The summed E-state index contributed by atoms with van der Waals surface area (Å²) in [4.78, 5) is 35.3. The van der Waals surface area contributed by atoms with Crippen molar-refractivity contribution in [1.82, 2.24) is 4.31 Å². The van der Waals surface area contributed by atoms with E-state index in [0.29, 0.717) is 5.56 Å². The smallest absolute Gasteiger partial charge is 0.331 e. The first-order valence-electron chi connectivity index (χ1n) is 7.69. The summed E-state index contributed by atoms with van der Waals surface area (Å²) in [6, 6.07) is 4.08. The maximum atomic E-state index is 12.1. The number of hydrogen-bond donors (Lipinski definition) is 2. The molecule has 140 valence electrons. The molecule has 0 radical (unpaired) electrons. The van der Waals surface area contributed by atoms with Crippen LogP contribution >= 0.6 is 11.9 Å². The van der Waals surface area contributed by atoms with Crippen LogP contribution in [0.25, 0.3) is 6.08 Å². The molecule has 1 aromatic carbocycles. The minimum absolute atomic E-state index is 0.267. The molecule has 0 aliphatic carbocycles. The van der Waals surface area contributed by atoms with Gasteiger partial charge in [0.15, 0.2) is 11.5 Å². The molecule has 3 atom stereocenters. The summed E-state index contributed by atoms with van der Waals surface area (Å²) in [5, 5.41) is 18.7. The van der Waals surface area contributed by atoms with E-state index in [0.717, 1.165) is 18.0 Å². The quantitative estimate of drug-likeness (QED) is 0.251. The maximum Gasteiger partial charge on any atom is 0.331 e. The Morgan fingerprint density at radius 3 is 2.58 bits per heavy atom. The molecule has 1 saturated heterocycles. The Bertz CT molecular complexity index is 749. The fraction of sp³-hybridized carbons (Fsp3) is 0.353. The van der Waals surface area contributed by atoms with Gasteiger partial charge in [-0.3, -0.25) is 9.59 Å². The summed E-state index contributed by atoms with van der Waals surface area (Å²) in [7, 11) is 0. The van der Waals surface area contributed by atoms with Crippen molar-refractivity contribution in [3.05, 3.63) is 29.8 Å². The molecule has 1 aliphatic heterocycles. The third-order valence-electron chi connectivity index (χ3n) is 3.74. The molecule has 0 saturated carbocycles. The van der Waals surface area contributed by atoms with Crippen molar-refractivity contribution >= 4 is 35.9 Å². The van der Waals surface area contributed by atoms with E-state index in [-0.39, 0.29) is 17.4 Å². The second-order valence-electron chi connectivity index (χ2n) is 5.60. The number of benzene rings is 1. The highest BCUT2D eigenvalue weighted by molar-refractivity contribution is 7.96. The zero-order valence-electron chi connectivity index (χ0n) is 14.4. The molecule has 1 amide bonds. The highest BCUT2D eigenvalue weighted by Gasteiger charge is 2.53. The van der Waals surface area contributed by atoms with Gasteiger partial charge in [0.25, 0.3) is 0 Å². The molecule has 0 spiro atoms. The van der Waals surface area contributed by atoms with Gasteiger partial charge in [-0.25, -0.2) is 9.10 Å². The second-order valence-corrected chi connectivity index (χ2v) is 6.35. The summed E-state index contributed by atoms with van der Waals surface area (Å²) in [6.45, 7) is 2.79. The van der Waals surface area contributed by atoms with E-state index in [2.05, 4.69) is 0 Å². The van der Waals surface area contributed by atoms with Gasteiger partial charge in [0, 0.05) is 19.3 Å². The minimum Gasteiger partial charge on any atom is -0.504 e. The van der Waals surface area contributed by atoms with Crippen molar-refractivity contribution in [1.29, 1.82) is 0 Å².